The molecule has 3 nitrogen and oxygen atoms in total. The molecule has 152 valence electrons. The van der Waals surface area contributed by atoms with Crippen LogP contribution in [0.2, 0.25) is 0 Å². The van der Waals surface area contributed by atoms with Crippen molar-refractivity contribution in [3.05, 3.63) is 57.6 Å². The zero-order valence-electron chi connectivity index (χ0n) is 18.6. The summed E-state index contributed by atoms with van der Waals surface area (Å²) >= 11 is 0. The molecule has 0 saturated carbocycles. The predicted molar refractivity (Wildman–Crippen MR) is 116 cm³/mol. The Kier molecular flexibility index (Phi) is 7.29. The number of benzene rings is 2. The van der Waals surface area contributed by atoms with Crippen molar-refractivity contribution in [2.75, 3.05) is 14.2 Å². The second-order valence-corrected chi connectivity index (χ2v) is 8.16. The molecule has 0 saturated heterocycles. The fraction of sp³-hybridized carbons (Fsp3) is 0.480. The average Bonchev–Trinajstić information content (AvgIpc) is 2.65. The lowest BCUT2D eigenvalue weighted by atomic mass is 9.91. The quantitative estimate of drug-likeness (QED) is 0.497. The molecule has 0 spiro atoms. The Morgan fingerprint density at radius 3 is 1.82 bits per heavy atom. The first kappa shape index (κ1) is 22.0. The van der Waals surface area contributed by atoms with E-state index in [9.17, 15) is 4.79 Å². The molecule has 0 atom stereocenters. The second-order valence-electron chi connectivity index (χ2n) is 8.16. The minimum Gasteiger partial charge on any atom is -0.496 e. The molecule has 3 heteroatoms. The van der Waals surface area contributed by atoms with Crippen LogP contribution in [0.5, 0.6) is 11.5 Å². The molecule has 0 aliphatic carbocycles. The summed E-state index contributed by atoms with van der Waals surface area (Å²) in [6.45, 7) is 12.6. The Bertz CT molecular complexity index is 847. The van der Waals surface area contributed by atoms with Crippen LogP contribution in [0.3, 0.4) is 0 Å². The molecule has 0 radical (unpaired) electrons. The summed E-state index contributed by atoms with van der Waals surface area (Å²) in [4.78, 5) is 13.0. The third kappa shape index (κ3) is 4.76. The highest BCUT2D eigenvalue weighted by molar-refractivity contribution is 5.98. The van der Waals surface area contributed by atoms with E-state index in [1.54, 1.807) is 14.2 Å². The molecule has 0 heterocycles. The number of Topliss-reactive ketones (excluding diaryl/α,β-unsaturated/α-hetero) is 1. The molecular weight excluding hydrogens is 348 g/mol. The van der Waals surface area contributed by atoms with Crippen LogP contribution in [0, 0.1) is 13.8 Å². The van der Waals surface area contributed by atoms with Crippen molar-refractivity contribution in [3.63, 3.8) is 0 Å². The number of hydrogen-bond donors (Lipinski definition) is 0. The van der Waals surface area contributed by atoms with Crippen LogP contribution >= 0.6 is 0 Å². The van der Waals surface area contributed by atoms with Crippen molar-refractivity contribution in [2.24, 2.45) is 0 Å². The maximum absolute atomic E-state index is 13.0. The van der Waals surface area contributed by atoms with E-state index in [0.717, 1.165) is 34.6 Å². The van der Waals surface area contributed by atoms with Gasteiger partial charge in [0, 0.05) is 12.0 Å². The lowest BCUT2D eigenvalue weighted by molar-refractivity contribution is 0.0982. The molecule has 28 heavy (non-hydrogen) atoms. The van der Waals surface area contributed by atoms with Gasteiger partial charge in [-0.25, -0.2) is 0 Å². The summed E-state index contributed by atoms with van der Waals surface area (Å²) in [7, 11) is 3.39. The Balaban J connectivity index is 2.27. The summed E-state index contributed by atoms with van der Waals surface area (Å²) in [5.41, 5.74) is 6.44. The molecular formula is C25H34O3. The topological polar surface area (TPSA) is 35.5 Å². The average molecular weight is 383 g/mol. The fourth-order valence-electron chi connectivity index (χ4n) is 3.65. The summed E-state index contributed by atoms with van der Waals surface area (Å²) in [6, 6.07) is 8.29. The maximum Gasteiger partial charge on any atom is 0.163 e. The number of aryl methyl sites for hydroxylation is 3. The first-order chi connectivity index (χ1) is 13.2. The van der Waals surface area contributed by atoms with E-state index in [0.29, 0.717) is 18.3 Å². The normalized spacial score (nSPS) is 11.2. The molecule has 2 rings (SSSR count). The summed E-state index contributed by atoms with van der Waals surface area (Å²) < 4.78 is 11.0. The van der Waals surface area contributed by atoms with Crippen molar-refractivity contribution in [3.8, 4) is 11.5 Å². The zero-order chi connectivity index (χ0) is 21.0. The molecule has 0 aromatic heterocycles. The zero-order valence-corrected chi connectivity index (χ0v) is 18.6. The van der Waals surface area contributed by atoms with Gasteiger partial charge in [0.05, 0.1) is 14.2 Å². The Labute approximate surface area is 170 Å². The Morgan fingerprint density at radius 1 is 0.821 bits per heavy atom. The van der Waals surface area contributed by atoms with E-state index < -0.39 is 0 Å². The SMILES string of the molecule is COc1cc(C)c(CCC(=O)c2cc(C(C)C)c(OC)cc2C)cc1C(C)C. The van der Waals surface area contributed by atoms with E-state index in [1.165, 1.54) is 16.7 Å². The largest absolute Gasteiger partial charge is 0.496 e. The van der Waals surface area contributed by atoms with E-state index in [2.05, 4.69) is 46.8 Å². The van der Waals surface area contributed by atoms with Crippen molar-refractivity contribution in [1.29, 1.82) is 0 Å². The molecule has 0 aliphatic rings. The Morgan fingerprint density at radius 2 is 1.32 bits per heavy atom. The lowest BCUT2D eigenvalue weighted by Gasteiger charge is -2.17. The van der Waals surface area contributed by atoms with E-state index in [4.69, 9.17) is 9.47 Å². The lowest BCUT2D eigenvalue weighted by Crippen LogP contribution is -2.07. The van der Waals surface area contributed by atoms with Gasteiger partial charge in [-0.2, -0.15) is 0 Å². The van der Waals surface area contributed by atoms with E-state index in [-0.39, 0.29) is 5.78 Å². The number of rotatable bonds is 8. The van der Waals surface area contributed by atoms with Gasteiger partial charge in [0.2, 0.25) is 0 Å². The Hall–Kier alpha value is -2.29. The highest BCUT2D eigenvalue weighted by atomic mass is 16.5. The smallest absolute Gasteiger partial charge is 0.163 e. The van der Waals surface area contributed by atoms with Crippen LogP contribution < -0.4 is 9.47 Å². The molecule has 0 aliphatic heterocycles. The van der Waals surface area contributed by atoms with Gasteiger partial charge in [-0.3, -0.25) is 4.79 Å². The first-order valence-corrected chi connectivity index (χ1v) is 10.1. The molecule has 0 N–H and O–H groups in total. The highest BCUT2D eigenvalue weighted by Crippen LogP contribution is 2.32. The van der Waals surface area contributed by atoms with Crippen molar-refractivity contribution < 1.29 is 14.3 Å². The van der Waals surface area contributed by atoms with Gasteiger partial charge >= 0.3 is 0 Å². The van der Waals surface area contributed by atoms with Crippen molar-refractivity contribution >= 4 is 5.78 Å². The molecule has 0 amide bonds. The predicted octanol–water partition coefficient (Wildman–Crippen LogP) is 6.38. The van der Waals surface area contributed by atoms with Crippen molar-refractivity contribution in [1.82, 2.24) is 0 Å². The minimum absolute atomic E-state index is 0.184. The van der Waals surface area contributed by atoms with Crippen LogP contribution in [-0.2, 0) is 6.42 Å². The number of carbonyl (C=O) groups is 1. The number of ether oxygens (including phenoxy) is 2. The monoisotopic (exact) mass is 382 g/mol. The molecule has 2 aromatic rings. The van der Waals surface area contributed by atoms with Gasteiger partial charge in [-0.05, 0) is 78.1 Å². The first-order valence-electron chi connectivity index (χ1n) is 10.1. The summed E-state index contributed by atoms with van der Waals surface area (Å²) in [6.07, 6.45) is 1.23. The number of carbonyl (C=O) groups excluding carboxylic acids is 1. The molecule has 2 aromatic carbocycles. The number of ketones is 1. The van der Waals surface area contributed by atoms with E-state index in [1.807, 2.05) is 19.1 Å². The second kappa shape index (κ2) is 9.27. The highest BCUT2D eigenvalue weighted by Gasteiger charge is 2.17. The third-order valence-electron chi connectivity index (χ3n) is 5.43. The van der Waals surface area contributed by atoms with Crippen molar-refractivity contribution in [2.45, 2.75) is 66.2 Å². The van der Waals surface area contributed by atoms with Crippen LogP contribution in [0.25, 0.3) is 0 Å². The standard InChI is InChI=1S/C25H34O3/c1-15(2)20-13-19(17(5)11-24(20)27-7)9-10-23(26)22-14-21(16(3)4)25(28-8)12-18(22)6/h11-16H,9-10H2,1-8H3. The third-order valence-corrected chi connectivity index (χ3v) is 5.43. The van der Waals surface area contributed by atoms with Gasteiger partial charge in [0.15, 0.2) is 5.78 Å². The van der Waals surface area contributed by atoms with Gasteiger partial charge in [-0.1, -0.05) is 33.8 Å². The van der Waals surface area contributed by atoms with Crippen LogP contribution in [0.1, 0.15) is 84.1 Å². The van der Waals surface area contributed by atoms with Gasteiger partial charge in [0.1, 0.15) is 11.5 Å². The van der Waals surface area contributed by atoms with Gasteiger partial charge < -0.3 is 9.47 Å². The van der Waals surface area contributed by atoms with Crippen LogP contribution in [-0.4, -0.2) is 20.0 Å². The van der Waals surface area contributed by atoms with Gasteiger partial charge in [0.25, 0.3) is 0 Å². The maximum atomic E-state index is 13.0. The molecule has 0 unspecified atom stereocenters. The van der Waals surface area contributed by atoms with Crippen LogP contribution in [0.15, 0.2) is 24.3 Å². The number of hydrogen-bond acceptors (Lipinski definition) is 3. The minimum atomic E-state index is 0.184. The summed E-state index contributed by atoms with van der Waals surface area (Å²) in [5, 5.41) is 0. The number of methoxy groups -OCH3 is 2. The molecule has 0 bridgehead atoms. The molecule has 0 fully saturated rings. The van der Waals surface area contributed by atoms with Gasteiger partial charge in [-0.15, -0.1) is 0 Å². The summed E-state index contributed by atoms with van der Waals surface area (Å²) in [5.74, 6) is 2.65. The van der Waals surface area contributed by atoms with Crippen LogP contribution in [0.4, 0.5) is 0 Å². The fourth-order valence-corrected chi connectivity index (χ4v) is 3.65. The van der Waals surface area contributed by atoms with E-state index >= 15 is 0 Å².